The normalized spacial score (nSPS) is 12.7. The van der Waals surface area contributed by atoms with Gasteiger partial charge in [0.25, 0.3) is 0 Å². The zero-order valence-electron chi connectivity index (χ0n) is 23.5. The average molecular weight is 521 g/mol. The number of carbonyl (C=O) groups is 3. The first-order valence-electron chi connectivity index (χ1n) is 12.9. The van der Waals surface area contributed by atoms with E-state index in [-0.39, 0.29) is 19.0 Å². The quantitative estimate of drug-likeness (QED) is 0.431. The van der Waals surface area contributed by atoms with E-state index in [1.165, 1.54) is 4.90 Å². The molecule has 0 fully saturated rings. The number of nitriles is 1. The second kappa shape index (κ2) is 13.6. The van der Waals surface area contributed by atoms with Gasteiger partial charge in [0.15, 0.2) is 0 Å². The molecule has 8 nitrogen and oxygen atoms in total. The topological polar surface area (TPSA) is 112 Å². The van der Waals surface area contributed by atoms with Crippen molar-refractivity contribution < 1.29 is 19.1 Å². The smallest absolute Gasteiger partial charge is 0.408 e. The summed E-state index contributed by atoms with van der Waals surface area (Å²) in [6, 6.07) is 15.0. The maximum absolute atomic E-state index is 13.9. The SMILES string of the molecule is Cc1ccc(C(C(=O)NCc2ccccc2)N(CC#N)C(=O)C(CC(C)C)NC(=O)OC(C)(C)C)cc1C. The lowest BCUT2D eigenvalue weighted by molar-refractivity contribution is -0.142. The first-order chi connectivity index (χ1) is 17.8. The van der Waals surface area contributed by atoms with Crippen molar-refractivity contribution in [2.75, 3.05) is 6.54 Å². The van der Waals surface area contributed by atoms with E-state index in [0.29, 0.717) is 12.0 Å². The Morgan fingerprint density at radius 3 is 2.24 bits per heavy atom. The van der Waals surface area contributed by atoms with Crippen LogP contribution in [0.1, 0.15) is 69.3 Å². The van der Waals surface area contributed by atoms with Crippen molar-refractivity contribution in [1.82, 2.24) is 15.5 Å². The van der Waals surface area contributed by atoms with E-state index in [0.717, 1.165) is 16.7 Å². The second-order valence-electron chi connectivity index (χ2n) is 10.9. The first kappa shape index (κ1) is 30.4. The molecule has 2 N–H and O–H groups in total. The lowest BCUT2D eigenvalue weighted by Crippen LogP contribution is -2.53. The van der Waals surface area contributed by atoms with Crippen LogP contribution >= 0.6 is 0 Å². The van der Waals surface area contributed by atoms with Gasteiger partial charge in [0, 0.05) is 6.54 Å². The molecule has 38 heavy (non-hydrogen) atoms. The number of nitrogens with one attached hydrogen (secondary N) is 2. The number of aryl methyl sites for hydroxylation is 2. The molecule has 2 aromatic carbocycles. The van der Waals surface area contributed by atoms with E-state index in [1.54, 1.807) is 26.8 Å². The van der Waals surface area contributed by atoms with Crippen molar-refractivity contribution in [2.24, 2.45) is 5.92 Å². The Morgan fingerprint density at radius 2 is 1.68 bits per heavy atom. The largest absolute Gasteiger partial charge is 0.444 e. The zero-order chi connectivity index (χ0) is 28.5. The van der Waals surface area contributed by atoms with E-state index in [9.17, 15) is 19.6 Å². The summed E-state index contributed by atoms with van der Waals surface area (Å²) in [6.45, 7) is 12.9. The Labute approximate surface area is 226 Å². The molecule has 0 heterocycles. The van der Waals surface area contributed by atoms with Crippen LogP contribution in [0, 0.1) is 31.1 Å². The molecule has 0 spiro atoms. The van der Waals surface area contributed by atoms with E-state index < -0.39 is 35.6 Å². The molecule has 0 radical (unpaired) electrons. The lowest BCUT2D eigenvalue weighted by atomic mass is 9.97. The molecular weight excluding hydrogens is 480 g/mol. The third-order valence-electron chi connectivity index (χ3n) is 5.94. The van der Waals surface area contributed by atoms with Gasteiger partial charge in [-0.3, -0.25) is 9.59 Å². The van der Waals surface area contributed by atoms with Crippen LogP contribution in [0.3, 0.4) is 0 Å². The van der Waals surface area contributed by atoms with Crippen LogP contribution in [0.25, 0.3) is 0 Å². The molecule has 2 unspecified atom stereocenters. The summed E-state index contributed by atoms with van der Waals surface area (Å²) in [5, 5.41) is 15.3. The summed E-state index contributed by atoms with van der Waals surface area (Å²) in [5.74, 6) is -0.889. The van der Waals surface area contributed by atoms with Crippen LogP contribution in [0.5, 0.6) is 0 Å². The third kappa shape index (κ3) is 9.22. The molecule has 2 atom stereocenters. The molecule has 0 bridgehead atoms. The number of alkyl carbamates (subject to hydrolysis) is 1. The Bertz CT molecular complexity index is 1150. The predicted molar refractivity (Wildman–Crippen MR) is 147 cm³/mol. The van der Waals surface area contributed by atoms with Gasteiger partial charge in [0.1, 0.15) is 24.2 Å². The minimum atomic E-state index is -1.07. The fourth-order valence-corrected chi connectivity index (χ4v) is 4.00. The molecule has 0 aliphatic carbocycles. The molecule has 2 aromatic rings. The highest BCUT2D eigenvalue weighted by Crippen LogP contribution is 2.26. The van der Waals surface area contributed by atoms with E-state index in [1.807, 2.05) is 76.2 Å². The minimum Gasteiger partial charge on any atom is -0.444 e. The number of benzene rings is 2. The number of rotatable bonds is 10. The van der Waals surface area contributed by atoms with Crippen molar-refractivity contribution in [3.05, 3.63) is 70.8 Å². The molecule has 0 aliphatic heterocycles. The van der Waals surface area contributed by atoms with Crippen LogP contribution in [-0.4, -0.2) is 41.0 Å². The molecule has 2 rings (SSSR count). The van der Waals surface area contributed by atoms with Crippen molar-refractivity contribution in [3.63, 3.8) is 0 Å². The molecule has 3 amide bonds. The third-order valence-corrected chi connectivity index (χ3v) is 5.94. The summed E-state index contributed by atoms with van der Waals surface area (Å²) in [6.07, 6.45) is -0.421. The monoisotopic (exact) mass is 520 g/mol. The Balaban J connectivity index is 2.47. The highest BCUT2D eigenvalue weighted by molar-refractivity contribution is 5.92. The van der Waals surface area contributed by atoms with Gasteiger partial charge >= 0.3 is 6.09 Å². The molecular formula is C30H40N4O4. The highest BCUT2D eigenvalue weighted by atomic mass is 16.6. The van der Waals surface area contributed by atoms with Gasteiger partial charge in [-0.25, -0.2) is 4.79 Å². The predicted octanol–water partition coefficient (Wildman–Crippen LogP) is 4.95. The second-order valence-corrected chi connectivity index (χ2v) is 10.9. The van der Waals surface area contributed by atoms with Crippen LogP contribution in [0.2, 0.25) is 0 Å². The number of hydrogen-bond donors (Lipinski definition) is 2. The van der Waals surface area contributed by atoms with E-state index >= 15 is 0 Å². The lowest BCUT2D eigenvalue weighted by Gasteiger charge is -2.33. The molecule has 8 heteroatoms. The fourth-order valence-electron chi connectivity index (χ4n) is 4.00. The molecule has 0 saturated carbocycles. The average Bonchev–Trinajstić information content (AvgIpc) is 2.83. The maximum Gasteiger partial charge on any atom is 0.408 e. The van der Waals surface area contributed by atoms with Gasteiger partial charge < -0.3 is 20.3 Å². The molecule has 0 saturated heterocycles. The summed E-state index contributed by atoms with van der Waals surface area (Å²) in [7, 11) is 0. The van der Waals surface area contributed by atoms with Crippen LogP contribution in [-0.2, 0) is 20.9 Å². The number of nitrogens with zero attached hydrogens (tertiary/aromatic N) is 2. The number of ether oxygens (including phenoxy) is 1. The van der Waals surface area contributed by atoms with Crippen LogP contribution in [0.4, 0.5) is 4.79 Å². The van der Waals surface area contributed by atoms with E-state index in [4.69, 9.17) is 4.74 Å². The Morgan fingerprint density at radius 1 is 1.03 bits per heavy atom. The van der Waals surface area contributed by atoms with Gasteiger partial charge in [-0.15, -0.1) is 0 Å². The summed E-state index contributed by atoms with van der Waals surface area (Å²) >= 11 is 0. The number of hydrogen-bond acceptors (Lipinski definition) is 5. The fraction of sp³-hybridized carbons (Fsp3) is 0.467. The van der Waals surface area contributed by atoms with Crippen molar-refractivity contribution in [1.29, 1.82) is 5.26 Å². The van der Waals surface area contributed by atoms with Crippen molar-refractivity contribution in [3.8, 4) is 6.07 Å². The molecule has 0 aromatic heterocycles. The van der Waals surface area contributed by atoms with Crippen LogP contribution in [0.15, 0.2) is 48.5 Å². The number of carbonyl (C=O) groups excluding carboxylic acids is 3. The maximum atomic E-state index is 13.9. The Hall–Kier alpha value is -3.86. The Kier molecular flexibility index (Phi) is 10.9. The minimum absolute atomic E-state index is 0.0507. The number of amides is 3. The molecule has 204 valence electrons. The van der Waals surface area contributed by atoms with Crippen molar-refractivity contribution >= 4 is 17.9 Å². The summed E-state index contributed by atoms with van der Waals surface area (Å²) in [5.41, 5.74) is 2.74. The van der Waals surface area contributed by atoms with Gasteiger partial charge in [-0.2, -0.15) is 5.26 Å². The molecule has 0 aliphatic rings. The first-order valence-corrected chi connectivity index (χ1v) is 12.9. The highest BCUT2D eigenvalue weighted by Gasteiger charge is 2.36. The van der Waals surface area contributed by atoms with Crippen molar-refractivity contribution in [2.45, 2.75) is 79.1 Å². The summed E-state index contributed by atoms with van der Waals surface area (Å²) in [4.78, 5) is 41.4. The standard InChI is InChI=1S/C30H40N4O4/c1-20(2)17-25(33-29(37)38-30(5,6)7)28(36)34(16-15-31)26(24-14-13-21(3)22(4)18-24)27(35)32-19-23-11-9-8-10-12-23/h8-14,18,20,25-26H,16-17,19H2,1-7H3,(H,32,35)(H,33,37). The van der Waals surface area contributed by atoms with Gasteiger partial charge in [0.2, 0.25) is 11.8 Å². The summed E-state index contributed by atoms with van der Waals surface area (Å²) < 4.78 is 5.38. The van der Waals surface area contributed by atoms with Gasteiger partial charge in [-0.05, 0) is 69.2 Å². The van der Waals surface area contributed by atoms with E-state index in [2.05, 4.69) is 10.6 Å². The van der Waals surface area contributed by atoms with Gasteiger partial charge in [-0.1, -0.05) is 62.4 Å². The van der Waals surface area contributed by atoms with Crippen LogP contribution < -0.4 is 10.6 Å². The van der Waals surface area contributed by atoms with Gasteiger partial charge in [0.05, 0.1) is 6.07 Å². The zero-order valence-corrected chi connectivity index (χ0v) is 23.5.